The molecule has 0 radical (unpaired) electrons. The minimum Gasteiger partial charge on any atom is -0.353 e. The van der Waals surface area contributed by atoms with Gasteiger partial charge in [0, 0.05) is 26.2 Å². The van der Waals surface area contributed by atoms with Gasteiger partial charge in [-0.2, -0.15) is 0 Å². The Morgan fingerprint density at radius 2 is 1.91 bits per heavy atom. The Balaban J connectivity index is 2.03. The van der Waals surface area contributed by atoms with Crippen LogP contribution in [0.1, 0.15) is 46.1 Å². The molecular formula is C25H39N5O5. The Hall–Kier alpha value is -3.14. The fourth-order valence-corrected chi connectivity index (χ4v) is 4.11. The van der Waals surface area contributed by atoms with Gasteiger partial charge in [-0.3, -0.25) is 19.6 Å². The number of hydrogen-bond donors (Lipinski definition) is 4. The summed E-state index contributed by atoms with van der Waals surface area (Å²) >= 11 is 0. The number of hydroxylamine groups is 2. The summed E-state index contributed by atoms with van der Waals surface area (Å²) in [6.45, 7) is 8.97. The minimum absolute atomic E-state index is 0.156. The summed E-state index contributed by atoms with van der Waals surface area (Å²) in [6.07, 6.45) is 2.13. The Bertz CT molecular complexity index is 858. The molecule has 10 nitrogen and oxygen atoms in total. The molecule has 35 heavy (non-hydrogen) atoms. The minimum atomic E-state index is -0.838. The van der Waals surface area contributed by atoms with Gasteiger partial charge in [0.15, 0.2) is 0 Å². The second-order valence-electron chi connectivity index (χ2n) is 10.0. The van der Waals surface area contributed by atoms with Crippen molar-refractivity contribution in [3.05, 3.63) is 35.9 Å². The highest BCUT2D eigenvalue weighted by atomic mass is 16.5. The van der Waals surface area contributed by atoms with E-state index in [0.717, 1.165) is 12.0 Å². The van der Waals surface area contributed by atoms with Gasteiger partial charge in [0.2, 0.25) is 18.2 Å². The first-order chi connectivity index (χ1) is 16.5. The number of amides is 5. The highest BCUT2D eigenvalue weighted by Gasteiger charge is 2.36. The van der Waals surface area contributed by atoms with Gasteiger partial charge < -0.3 is 20.9 Å². The molecule has 1 heterocycles. The molecule has 4 N–H and O–H groups in total. The summed E-state index contributed by atoms with van der Waals surface area (Å²) in [6, 6.07) is 8.10. The van der Waals surface area contributed by atoms with E-state index in [9.17, 15) is 24.4 Å². The summed E-state index contributed by atoms with van der Waals surface area (Å²) < 4.78 is 0. The Labute approximate surface area is 207 Å². The third-order valence-electron chi connectivity index (χ3n) is 6.31. The van der Waals surface area contributed by atoms with E-state index in [-0.39, 0.29) is 24.9 Å². The lowest BCUT2D eigenvalue weighted by Gasteiger charge is -2.34. The molecule has 0 spiro atoms. The van der Waals surface area contributed by atoms with E-state index in [1.54, 1.807) is 11.8 Å². The van der Waals surface area contributed by atoms with Crippen LogP contribution in [0.2, 0.25) is 0 Å². The van der Waals surface area contributed by atoms with E-state index in [1.807, 2.05) is 51.1 Å². The third kappa shape index (κ3) is 8.54. The van der Waals surface area contributed by atoms with Crippen molar-refractivity contribution in [1.82, 2.24) is 25.9 Å². The summed E-state index contributed by atoms with van der Waals surface area (Å²) in [5.41, 5.74) is 0.542. The number of aryl methyl sites for hydroxylation is 1. The smallest absolute Gasteiger partial charge is 0.317 e. The van der Waals surface area contributed by atoms with E-state index < -0.39 is 29.3 Å². The van der Waals surface area contributed by atoms with E-state index in [2.05, 4.69) is 16.0 Å². The first-order valence-electron chi connectivity index (χ1n) is 12.1. The fourth-order valence-electron chi connectivity index (χ4n) is 4.11. The molecule has 0 aromatic heterocycles. The number of hydrogen-bond acceptors (Lipinski definition) is 5. The van der Waals surface area contributed by atoms with Gasteiger partial charge in [0.1, 0.15) is 6.04 Å². The largest absolute Gasteiger partial charge is 0.353 e. The van der Waals surface area contributed by atoms with Gasteiger partial charge in [-0.1, -0.05) is 51.1 Å². The molecular weight excluding hydrogens is 450 g/mol. The number of nitrogens with zero attached hydrogens (tertiary/aromatic N) is 2. The molecule has 1 aliphatic heterocycles. The molecule has 2 rings (SSSR count). The van der Waals surface area contributed by atoms with Crippen molar-refractivity contribution in [3.63, 3.8) is 0 Å². The molecule has 10 heteroatoms. The van der Waals surface area contributed by atoms with Gasteiger partial charge in [-0.15, -0.1) is 0 Å². The molecule has 0 bridgehead atoms. The maximum Gasteiger partial charge on any atom is 0.317 e. The summed E-state index contributed by atoms with van der Waals surface area (Å²) in [5, 5.41) is 18.9. The van der Waals surface area contributed by atoms with Crippen LogP contribution in [0.4, 0.5) is 4.79 Å². The Morgan fingerprint density at radius 1 is 1.23 bits per heavy atom. The van der Waals surface area contributed by atoms with Crippen LogP contribution < -0.4 is 16.0 Å². The highest BCUT2D eigenvalue weighted by Crippen LogP contribution is 2.23. The van der Waals surface area contributed by atoms with Crippen molar-refractivity contribution in [3.8, 4) is 0 Å². The molecule has 1 aromatic carbocycles. The second kappa shape index (κ2) is 13.1. The average molecular weight is 490 g/mol. The molecule has 3 atom stereocenters. The van der Waals surface area contributed by atoms with E-state index in [0.29, 0.717) is 37.5 Å². The number of carbonyl (C=O) groups excluding carboxylic acids is 4. The van der Waals surface area contributed by atoms with Crippen LogP contribution in [0.15, 0.2) is 30.3 Å². The van der Waals surface area contributed by atoms with Crippen molar-refractivity contribution in [2.75, 3.05) is 26.2 Å². The summed E-state index contributed by atoms with van der Waals surface area (Å²) in [7, 11) is 0. The van der Waals surface area contributed by atoms with Crippen molar-refractivity contribution in [2.24, 2.45) is 11.3 Å². The maximum atomic E-state index is 13.3. The molecule has 5 amide bonds. The van der Waals surface area contributed by atoms with E-state index in [4.69, 9.17) is 0 Å². The zero-order valence-corrected chi connectivity index (χ0v) is 21.1. The van der Waals surface area contributed by atoms with Crippen molar-refractivity contribution < 1.29 is 24.4 Å². The number of benzene rings is 1. The van der Waals surface area contributed by atoms with Gasteiger partial charge in [0.25, 0.3) is 0 Å². The third-order valence-corrected chi connectivity index (χ3v) is 6.31. The standard InChI is InChI=1S/C25H39N5O5/c1-18(30(35)17-31)20(12-8-11-19-9-6-5-7-10-19)22(32)28-21(25(2,3)4)23(33)26-13-15-29-16-14-27-24(29)34/h5-7,9-10,17-18,20-21,35H,8,11-16H2,1-4H3,(H,26,33)(H,27,34)(H,28,32)/t18-,20+,21+/m0/s1. The second-order valence-corrected chi connectivity index (χ2v) is 10.0. The van der Waals surface area contributed by atoms with Crippen LogP contribution >= 0.6 is 0 Å². The maximum absolute atomic E-state index is 13.3. The topological polar surface area (TPSA) is 131 Å². The Kier molecular flexibility index (Phi) is 10.5. The van der Waals surface area contributed by atoms with Crippen molar-refractivity contribution in [1.29, 1.82) is 0 Å². The normalized spacial score (nSPS) is 16.1. The van der Waals surface area contributed by atoms with Gasteiger partial charge >= 0.3 is 6.03 Å². The van der Waals surface area contributed by atoms with E-state index >= 15 is 0 Å². The molecule has 194 valence electrons. The van der Waals surface area contributed by atoms with Crippen LogP contribution in [0.5, 0.6) is 0 Å². The molecule has 0 unspecified atom stereocenters. The van der Waals surface area contributed by atoms with E-state index in [1.165, 1.54) is 0 Å². The van der Waals surface area contributed by atoms with Crippen LogP contribution in [0.25, 0.3) is 0 Å². The molecule has 1 fully saturated rings. The van der Waals surface area contributed by atoms with Crippen LogP contribution in [0, 0.1) is 11.3 Å². The quantitative estimate of drug-likeness (QED) is 0.190. The van der Waals surface area contributed by atoms with Crippen molar-refractivity contribution in [2.45, 2.75) is 59.0 Å². The summed E-state index contributed by atoms with van der Waals surface area (Å²) in [4.78, 5) is 50.8. The van der Waals surface area contributed by atoms with Gasteiger partial charge in [-0.05, 0) is 37.2 Å². The Morgan fingerprint density at radius 3 is 2.49 bits per heavy atom. The van der Waals surface area contributed by atoms with Crippen LogP contribution in [-0.2, 0) is 20.8 Å². The zero-order valence-electron chi connectivity index (χ0n) is 21.1. The molecule has 1 aliphatic rings. The SMILES string of the molecule is C[C@@H]([C@@H](CCCc1ccccc1)C(=O)N[C@H](C(=O)NCCN1CCNC1=O)C(C)(C)C)N(O)C=O. The van der Waals surface area contributed by atoms with Gasteiger partial charge in [0.05, 0.1) is 12.0 Å². The molecule has 1 aromatic rings. The molecule has 0 saturated carbocycles. The highest BCUT2D eigenvalue weighted by molar-refractivity contribution is 5.89. The van der Waals surface area contributed by atoms with Gasteiger partial charge in [-0.25, -0.2) is 9.86 Å². The molecule has 1 saturated heterocycles. The number of rotatable bonds is 13. The van der Waals surface area contributed by atoms with Crippen molar-refractivity contribution >= 4 is 24.3 Å². The predicted molar refractivity (Wildman–Crippen MR) is 131 cm³/mol. The first-order valence-corrected chi connectivity index (χ1v) is 12.1. The zero-order chi connectivity index (χ0) is 26.0. The van der Waals surface area contributed by atoms with Crippen LogP contribution in [-0.4, -0.2) is 77.7 Å². The number of carbonyl (C=O) groups is 4. The molecule has 0 aliphatic carbocycles. The lowest BCUT2D eigenvalue weighted by Crippen LogP contribution is -2.57. The first kappa shape index (κ1) is 28.1. The lowest BCUT2D eigenvalue weighted by atomic mass is 9.84. The summed E-state index contributed by atoms with van der Waals surface area (Å²) in [5.74, 6) is -1.46. The predicted octanol–water partition coefficient (Wildman–Crippen LogP) is 1.53. The number of nitrogens with one attached hydrogen (secondary N) is 3. The average Bonchev–Trinajstić information content (AvgIpc) is 3.23. The monoisotopic (exact) mass is 489 g/mol. The fraction of sp³-hybridized carbons (Fsp3) is 0.600. The lowest BCUT2D eigenvalue weighted by molar-refractivity contribution is -0.166. The number of urea groups is 1. The van der Waals surface area contributed by atoms with Crippen LogP contribution in [0.3, 0.4) is 0 Å².